The lowest BCUT2D eigenvalue weighted by Gasteiger charge is -2.16. The second-order valence-corrected chi connectivity index (χ2v) is 5.69. The third-order valence-corrected chi connectivity index (χ3v) is 3.30. The van der Waals surface area contributed by atoms with Gasteiger partial charge in [0.05, 0.1) is 11.8 Å². The van der Waals surface area contributed by atoms with Crippen LogP contribution in [0, 0.1) is 5.92 Å². The summed E-state index contributed by atoms with van der Waals surface area (Å²) in [5.74, 6) is 0.486. The molecule has 0 aliphatic rings. The first-order chi connectivity index (χ1) is 10.0. The van der Waals surface area contributed by atoms with E-state index in [0.29, 0.717) is 18.0 Å². The normalized spacial score (nSPS) is 10.3. The molecule has 130 valence electrons. The van der Waals surface area contributed by atoms with Crippen LogP contribution in [0.15, 0.2) is 18.5 Å². The molecular formula is C15H25Cl2N5O. The zero-order chi connectivity index (χ0) is 15.4. The van der Waals surface area contributed by atoms with Gasteiger partial charge in [-0.3, -0.25) is 4.79 Å². The Morgan fingerprint density at radius 3 is 2.65 bits per heavy atom. The third-order valence-electron chi connectivity index (χ3n) is 3.30. The number of fused-ring (bicyclic) bond motifs is 1. The van der Waals surface area contributed by atoms with Gasteiger partial charge in [0.15, 0.2) is 5.65 Å². The van der Waals surface area contributed by atoms with Crippen molar-refractivity contribution in [3.63, 3.8) is 0 Å². The summed E-state index contributed by atoms with van der Waals surface area (Å²) in [5.41, 5.74) is 1.43. The van der Waals surface area contributed by atoms with Gasteiger partial charge in [-0.25, -0.2) is 9.67 Å². The Hall–Kier alpha value is -1.37. The molecular weight excluding hydrogens is 337 g/mol. The van der Waals surface area contributed by atoms with Crippen LogP contribution in [0.4, 0.5) is 0 Å². The largest absolute Gasteiger partial charge is 0.340 e. The molecule has 1 amide bonds. The number of amides is 1. The maximum absolute atomic E-state index is 12.3. The Bertz CT molecular complexity index is 629. The van der Waals surface area contributed by atoms with E-state index in [4.69, 9.17) is 0 Å². The third kappa shape index (κ3) is 5.34. The van der Waals surface area contributed by atoms with Gasteiger partial charge in [-0.05, 0) is 19.0 Å². The first-order valence-electron chi connectivity index (χ1n) is 7.24. The summed E-state index contributed by atoms with van der Waals surface area (Å²) in [7, 11) is 3.67. The average molecular weight is 362 g/mol. The Kier molecular flexibility index (Phi) is 9.12. The van der Waals surface area contributed by atoms with Gasteiger partial charge in [-0.15, -0.1) is 24.8 Å². The van der Waals surface area contributed by atoms with Crippen LogP contribution >= 0.6 is 24.8 Å². The number of carbonyl (C=O) groups is 1. The molecule has 23 heavy (non-hydrogen) atoms. The highest BCUT2D eigenvalue weighted by atomic mass is 35.5. The van der Waals surface area contributed by atoms with E-state index in [9.17, 15) is 4.79 Å². The van der Waals surface area contributed by atoms with Gasteiger partial charge in [-0.2, -0.15) is 5.10 Å². The molecule has 0 aliphatic carbocycles. The summed E-state index contributed by atoms with van der Waals surface area (Å²) in [6.07, 6.45) is 3.41. The maximum Gasteiger partial charge on any atom is 0.255 e. The van der Waals surface area contributed by atoms with Crippen LogP contribution in [0.2, 0.25) is 0 Å². The van der Waals surface area contributed by atoms with Gasteiger partial charge in [0.1, 0.15) is 0 Å². The quantitative estimate of drug-likeness (QED) is 0.856. The smallest absolute Gasteiger partial charge is 0.255 e. The van der Waals surface area contributed by atoms with Crippen molar-refractivity contribution < 1.29 is 4.79 Å². The molecule has 0 atom stereocenters. The minimum Gasteiger partial charge on any atom is -0.340 e. The van der Waals surface area contributed by atoms with Crippen LogP contribution in [0.5, 0.6) is 0 Å². The number of hydrogen-bond donors (Lipinski definition) is 1. The Morgan fingerprint density at radius 1 is 1.35 bits per heavy atom. The number of hydrogen-bond acceptors (Lipinski definition) is 4. The Balaban J connectivity index is 0.00000242. The van der Waals surface area contributed by atoms with Crippen LogP contribution in [0.25, 0.3) is 11.0 Å². The van der Waals surface area contributed by atoms with E-state index in [1.165, 1.54) is 0 Å². The predicted octanol–water partition coefficient (Wildman–Crippen LogP) is 2.22. The molecule has 0 fully saturated rings. The predicted molar refractivity (Wildman–Crippen MR) is 97.7 cm³/mol. The Labute approximate surface area is 149 Å². The fraction of sp³-hybridized carbons (Fsp3) is 0.533. The molecule has 0 unspecified atom stereocenters. The van der Waals surface area contributed by atoms with E-state index in [0.717, 1.165) is 24.1 Å². The monoisotopic (exact) mass is 361 g/mol. The molecule has 8 heteroatoms. The molecule has 0 radical (unpaired) electrons. The fourth-order valence-electron chi connectivity index (χ4n) is 2.17. The first kappa shape index (κ1) is 21.6. The molecule has 0 aromatic carbocycles. The second-order valence-electron chi connectivity index (χ2n) is 5.69. The number of aromatic nitrogens is 3. The van der Waals surface area contributed by atoms with Crippen molar-refractivity contribution in [2.45, 2.75) is 20.4 Å². The zero-order valence-corrected chi connectivity index (χ0v) is 15.6. The molecule has 2 aromatic rings. The molecule has 0 saturated heterocycles. The number of nitrogens with one attached hydrogen (secondary N) is 1. The highest BCUT2D eigenvalue weighted by molar-refractivity contribution is 5.96. The molecule has 0 spiro atoms. The molecule has 2 rings (SSSR count). The van der Waals surface area contributed by atoms with Gasteiger partial charge < -0.3 is 10.2 Å². The highest BCUT2D eigenvalue weighted by Gasteiger charge is 2.14. The molecule has 0 aliphatic heterocycles. The zero-order valence-electron chi connectivity index (χ0n) is 13.9. The summed E-state index contributed by atoms with van der Waals surface area (Å²) in [6.45, 7) is 6.54. The highest BCUT2D eigenvalue weighted by Crippen LogP contribution is 2.15. The first-order valence-corrected chi connectivity index (χ1v) is 7.24. The average Bonchev–Trinajstić information content (AvgIpc) is 2.85. The number of rotatable bonds is 6. The van der Waals surface area contributed by atoms with E-state index in [2.05, 4.69) is 29.2 Å². The summed E-state index contributed by atoms with van der Waals surface area (Å²) in [4.78, 5) is 18.4. The molecule has 2 heterocycles. The van der Waals surface area contributed by atoms with Crippen molar-refractivity contribution in [1.29, 1.82) is 0 Å². The summed E-state index contributed by atoms with van der Waals surface area (Å²) >= 11 is 0. The summed E-state index contributed by atoms with van der Waals surface area (Å²) in [5, 5.41) is 8.29. The minimum absolute atomic E-state index is 0. The van der Waals surface area contributed by atoms with Crippen molar-refractivity contribution in [3.8, 4) is 0 Å². The van der Waals surface area contributed by atoms with E-state index >= 15 is 0 Å². The fourth-order valence-corrected chi connectivity index (χ4v) is 2.17. The van der Waals surface area contributed by atoms with Crippen molar-refractivity contribution in [2.24, 2.45) is 5.92 Å². The van der Waals surface area contributed by atoms with Gasteiger partial charge in [-0.1, -0.05) is 13.8 Å². The van der Waals surface area contributed by atoms with Gasteiger partial charge in [0.2, 0.25) is 0 Å². The van der Waals surface area contributed by atoms with E-state index in [1.807, 2.05) is 17.8 Å². The van der Waals surface area contributed by atoms with E-state index < -0.39 is 0 Å². The molecule has 0 saturated carbocycles. The lowest BCUT2D eigenvalue weighted by Crippen LogP contribution is -2.32. The number of halogens is 2. The van der Waals surface area contributed by atoms with Crippen molar-refractivity contribution in [1.82, 2.24) is 25.0 Å². The lowest BCUT2D eigenvalue weighted by molar-refractivity contribution is 0.0796. The molecule has 0 bridgehead atoms. The molecule has 2 aromatic heterocycles. The molecule has 1 N–H and O–H groups in total. The lowest BCUT2D eigenvalue weighted by atomic mass is 10.2. The van der Waals surface area contributed by atoms with Crippen LogP contribution in [0.1, 0.15) is 24.2 Å². The Morgan fingerprint density at radius 2 is 2.04 bits per heavy atom. The van der Waals surface area contributed by atoms with Gasteiger partial charge >= 0.3 is 0 Å². The second kappa shape index (κ2) is 9.70. The van der Waals surface area contributed by atoms with Crippen LogP contribution in [-0.2, 0) is 6.54 Å². The topological polar surface area (TPSA) is 63.1 Å². The number of nitrogens with zero attached hydrogens (tertiary/aromatic N) is 4. The van der Waals surface area contributed by atoms with Crippen molar-refractivity contribution in [3.05, 3.63) is 24.0 Å². The van der Waals surface area contributed by atoms with Crippen LogP contribution < -0.4 is 5.32 Å². The van der Waals surface area contributed by atoms with Gasteiger partial charge in [0.25, 0.3) is 5.91 Å². The van der Waals surface area contributed by atoms with E-state index in [-0.39, 0.29) is 30.7 Å². The summed E-state index contributed by atoms with van der Waals surface area (Å²) < 4.78 is 1.89. The number of likely N-dealkylation sites (N-methyl/N-ethyl adjacent to an activating group) is 2. The minimum atomic E-state index is -0.0174. The molecule has 6 nitrogen and oxygen atoms in total. The standard InChI is InChI=1S/C15H23N5O.2ClH/c1-11(2)10-20-14-12(9-18-20)7-13(8-17-14)15(21)19(4)6-5-16-3;;/h7-9,11,16H,5-6,10H2,1-4H3;2*1H. The SMILES string of the molecule is CNCCN(C)C(=O)c1cnc2c(cnn2CC(C)C)c1.Cl.Cl. The summed E-state index contributed by atoms with van der Waals surface area (Å²) in [6, 6.07) is 1.87. The van der Waals surface area contributed by atoms with Crippen LogP contribution in [-0.4, -0.2) is 52.8 Å². The van der Waals surface area contributed by atoms with Crippen LogP contribution in [0.3, 0.4) is 0 Å². The van der Waals surface area contributed by atoms with Crippen molar-refractivity contribution >= 4 is 41.8 Å². The van der Waals surface area contributed by atoms with Gasteiger partial charge in [0, 0.05) is 38.3 Å². The maximum atomic E-state index is 12.3. The number of carbonyl (C=O) groups excluding carboxylic acids is 1. The van der Waals surface area contributed by atoms with Crippen molar-refractivity contribution in [2.75, 3.05) is 27.2 Å². The van der Waals surface area contributed by atoms with E-state index in [1.54, 1.807) is 24.3 Å². The number of pyridine rings is 1.